The molecule has 0 saturated heterocycles. The van der Waals surface area contributed by atoms with Crippen molar-refractivity contribution in [1.82, 2.24) is 39.8 Å². The Morgan fingerprint density at radius 1 is 1.27 bits per heavy atom. The van der Waals surface area contributed by atoms with Gasteiger partial charge in [-0.3, -0.25) is 9.48 Å². The van der Waals surface area contributed by atoms with Crippen LogP contribution in [-0.4, -0.2) is 46.5 Å². The first-order valence-electron chi connectivity index (χ1n) is 8.55. The first kappa shape index (κ1) is 16.4. The second-order valence-electron chi connectivity index (χ2n) is 6.59. The summed E-state index contributed by atoms with van der Waals surface area (Å²) >= 11 is 0. The molecule has 3 aromatic heterocycles. The Morgan fingerprint density at radius 2 is 2.04 bits per heavy atom. The standard InChI is InChI=1S/C17H20N8O/c1-11-18-8-13(9-19-11)17(26)21-14-6-12(7-14)16-23-22-15(24(16)2)10-25-5-3-4-20-25/h3-5,8-9,12,14H,6-7,10H2,1-2H3,(H,21,26). The highest BCUT2D eigenvalue weighted by Gasteiger charge is 2.35. The van der Waals surface area contributed by atoms with Crippen molar-refractivity contribution in [3.05, 3.63) is 53.9 Å². The van der Waals surface area contributed by atoms with Gasteiger partial charge in [0.2, 0.25) is 0 Å². The van der Waals surface area contributed by atoms with Crippen LogP contribution in [-0.2, 0) is 13.6 Å². The fourth-order valence-corrected chi connectivity index (χ4v) is 3.13. The summed E-state index contributed by atoms with van der Waals surface area (Å²) in [5, 5.41) is 15.8. The van der Waals surface area contributed by atoms with Crippen LogP contribution in [0.2, 0.25) is 0 Å². The largest absolute Gasteiger partial charge is 0.349 e. The molecular formula is C17H20N8O. The van der Waals surface area contributed by atoms with Crippen molar-refractivity contribution in [3.63, 3.8) is 0 Å². The van der Waals surface area contributed by atoms with E-state index in [9.17, 15) is 4.79 Å². The van der Waals surface area contributed by atoms with Gasteiger partial charge in [0.05, 0.1) is 5.56 Å². The quantitative estimate of drug-likeness (QED) is 0.730. The van der Waals surface area contributed by atoms with Crippen molar-refractivity contribution in [2.45, 2.75) is 38.3 Å². The van der Waals surface area contributed by atoms with Gasteiger partial charge < -0.3 is 9.88 Å². The van der Waals surface area contributed by atoms with Crippen molar-refractivity contribution in [2.75, 3.05) is 0 Å². The van der Waals surface area contributed by atoms with Gasteiger partial charge in [-0.25, -0.2) is 9.97 Å². The van der Waals surface area contributed by atoms with E-state index in [2.05, 4.69) is 30.6 Å². The third kappa shape index (κ3) is 3.19. The monoisotopic (exact) mass is 352 g/mol. The minimum atomic E-state index is -0.134. The number of hydrogen-bond donors (Lipinski definition) is 1. The molecule has 134 valence electrons. The maximum Gasteiger partial charge on any atom is 0.254 e. The van der Waals surface area contributed by atoms with E-state index < -0.39 is 0 Å². The van der Waals surface area contributed by atoms with Crippen LogP contribution < -0.4 is 5.32 Å². The average Bonchev–Trinajstić information content (AvgIpc) is 3.23. The first-order valence-corrected chi connectivity index (χ1v) is 8.55. The van der Waals surface area contributed by atoms with Crippen LogP contribution in [0.4, 0.5) is 0 Å². The molecule has 0 aliphatic heterocycles. The molecule has 0 atom stereocenters. The molecular weight excluding hydrogens is 332 g/mol. The first-order chi connectivity index (χ1) is 12.6. The predicted octanol–water partition coefficient (Wildman–Crippen LogP) is 0.834. The second kappa shape index (κ2) is 6.66. The van der Waals surface area contributed by atoms with Crippen LogP contribution in [0.15, 0.2) is 30.9 Å². The minimum absolute atomic E-state index is 0.134. The van der Waals surface area contributed by atoms with Gasteiger partial charge in [0.15, 0.2) is 5.82 Å². The maximum absolute atomic E-state index is 12.2. The lowest BCUT2D eigenvalue weighted by molar-refractivity contribution is 0.0906. The molecule has 0 spiro atoms. The summed E-state index contributed by atoms with van der Waals surface area (Å²) in [5.74, 6) is 2.65. The van der Waals surface area contributed by atoms with Crippen LogP contribution >= 0.6 is 0 Å². The van der Waals surface area contributed by atoms with Crippen LogP contribution in [0.1, 0.15) is 46.6 Å². The van der Waals surface area contributed by atoms with Crippen LogP contribution in [0.25, 0.3) is 0 Å². The SMILES string of the molecule is Cc1ncc(C(=O)NC2CC(c3nnc(Cn4cccn4)n3C)C2)cn1. The van der Waals surface area contributed by atoms with Gasteiger partial charge in [-0.2, -0.15) is 5.10 Å². The number of nitrogens with zero attached hydrogens (tertiary/aromatic N) is 7. The number of hydrogen-bond acceptors (Lipinski definition) is 6. The highest BCUT2D eigenvalue weighted by atomic mass is 16.1. The van der Waals surface area contributed by atoms with E-state index in [1.165, 1.54) is 0 Å². The van der Waals surface area contributed by atoms with Crippen LogP contribution in [0.3, 0.4) is 0 Å². The molecule has 0 bridgehead atoms. The third-order valence-electron chi connectivity index (χ3n) is 4.74. The molecule has 9 nitrogen and oxygen atoms in total. The summed E-state index contributed by atoms with van der Waals surface area (Å²) in [6.45, 7) is 2.39. The number of carbonyl (C=O) groups is 1. The zero-order chi connectivity index (χ0) is 18.1. The van der Waals surface area contributed by atoms with E-state index in [4.69, 9.17) is 0 Å². The lowest BCUT2D eigenvalue weighted by Gasteiger charge is -2.35. The van der Waals surface area contributed by atoms with Crippen molar-refractivity contribution >= 4 is 5.91 Å². The van der Waals surface area contributed by atoms with E-state index in [1.54, 1.807) is 25.5 Å². The number of aryl methyl sites for hydroxylation is 1. The summed E-state index contributed by atoms with van der Waals surface area (Å²) in [6, 6.07) is 2.02. The number of rotatable bonds is 5. The van der Waals surface area contributed by atoms with Crippen LogP contribution in [0, 0.1) is 6.92 Å². The summed E-state index contributed by atoms with van der Waals surface area (Å²) in [5.41, 5.74) is 0.485. The number of aromatic nitrogens is 7. The molecule has 0 unspecified atom stereocenters. The van der Waals surface area contributed by atoms with Crippen molar-refractivity contribution in [1.29, 1.82) is 0 Å². The third-order valence-corrected chi connectivity index (χ3v) is 4.74. The second-order valence-corrected chi connectivity index (χ2v) is 6.59. The summed E-state index contributed by atoms with van der Waals surface area (Å²) in [7, 11) is 1.98. The van der Waals surface area contributed by atoms with E-state index in [1.807, 2.05) is 28.6 Å². The van der Waals surface area contributed by atoms with E-state index >= 15 is 0 Å². The molecule has 3 aromatic rings. The molecule has 1 saturated carbocycles. The van der Waals surface area contributed by atoms with Crippen molar-refractivity contribution in [2.24, 2.45) is 7.05 Å². The van der Waals surface area contributed by atoms with Gasteiger partial charge in [-0.1, -0.05) is 0 Å². The Labute approximate surface area is 150 Å². The molecule has 9 heteroatoms. The molecule has 3 heterocycles. The Balaban J connectivity index is 1.34. The fraction of sp³-hybridized carbons (Fsp3) is 0.412. The number of amides is 1. The fourth-order valence-electron chi connectivity index (χ4n) is 3.13. The number of nitrogens with one attached hydrogen (secondary N) is 1. The van der Waals surface area contributed by atoms with Crippen molar-refractivity contribution < 1.29 is 4.79 Å². The highest BCUT2D eigenvalue weighted by molar-refractivity contribution is 5.93. The maximum atomic E-state index is 12.2. The zero-order valence-corrected chi connectivity index (χ0v) is 14.7. The van der Waals surface area contributed by atoms with E-state index in [0.29, 0.717) is 23.9 Å². The van der Waals surface area contributed by atoms with E-state index in [0.717, 1.165) is 24.5 Å². The van der Waals surface area contributed by atoms with Gasteiger partial charge in [0.1, 0.15) is 18.2 Å². The van der Waals surface area contributed by atoms with Gasteiger partial charge in [0.25, 0.3) is 5.91 Å². The zero-order valence-electron chi connectivity index (χ0n) is 14.7. The minimum Gasteiger partial charge on any atom is -0.349 e. The molecule has 1 aliphatic rings. The lowest BCUT2D eigenvalue weighted by atomic mass is 9.79. The average molecular weight is 352 g/mol. The molecule has 0 aromatic carbocycles. The van der Waals surface area contributed by atoms with Gasteiger partial charge in [-0.15, -0.1) is 10.2 Å². The normalized spacial score (nSPS) is 19.2. The van der Waals surface area contributed by atoms with Crippen molar-refractivity contribution in [3.8, 4) is 0 Å². The molecule has 0 radical (unpaired) electrons. The summed E-state index contributed by atoms with van der Waals surface area (Å²) < 4.78 is 3.85. The summed E-state index contributed by atoms with van der Waals surface area (Å²) in [4.78, 5) is 20.3. The number of carbonyl (C=O) groups excluding carboxylic acids is 1. The molecule has 1 N–H and O–H groups in total. The summed E-state index contributed by atoms with van der Waals surface area (Å²) in [6.07, 6.45) is 8.46. The smallest absolute Gasteiger partial charge is 0.254 e. The molecule has 1 fully saturated rings. The Kier molecular flexibility index (Phi) is 4.19. The molecule has 1 aliphatic carbocycles. The Morgan fingerprint density at radius 3 is 2.73 bits per heavy atom. The van der Waals surface area contributed by atoms with Gasteiger partial charge in [-0.05, 0) is 25.8 Å². The van der Waals surface area contributed by atoms with E-state index in [-0.39, 0.29) is 11.9 Å². The Hall–Kier alpha value is -3.10. The molecule has 26 heavy (non-hydrogen) atoms. The Bertz CT molecular complexity index is 894. The highest BCUT2D eigenvalue weighted by Crippen LogP contribution is 2.36. The predicted molar refractivity (Wildman–Crippen MR) is 92.3 cm³/mol. The van der Waals surface area contributed by atoms with Gasteiger partial charge >= 0.3 is 0 Å². The topological polar surface area (TPSA) is 103 Å². The van der Waals surface area contributed by atoms with Crippen LogP contribution in [0.5, 0.6) is 0 Å². The molecule has 4 rings (SSSR count). The molecule has 1 amide bonds. The lowest BCUT2D eigenvalue weighted by Crippen LogP contribution is -2.44. The van der Waals surface area contributed by atoms with Gasteiger partial charge in [0, 0.05) is 43.8 Å².